The zero-order chi connectivity index (χ0) is 13.8. The predicted molar refractivity (Wildman–Crippen MR) is 66.9 cm³/mol. The molecule has 0 bridgehead atoms. The lowest BCUT2D eigenvalue weighted by atomic mass is 9.99. The van der Waals surface area contributed by atoms with E-state index in [9.17, 15) is 15.0 Å². The summed E-state index contributed by atoms with van der Waals surface area (Å²) in [5.74, 6) is -0.439. The quantitative estimate of drug-likeness (QED) is 0.665. The summed E-state index contributed by atoms with van der Waals surface area (Å²) >= 11 is 0. The largest absolute Gasteiger partial charge is 0.390 e. The van der Waals surface area contributed by atoms with E-state index in [1.807, 2.05) is 0 Å². The monoisotopic (exact) mass is 265 g/mol. The van der Waals surface area contributed by atoms with Gasteiger partial charge in [-0.05, 0) is 24.8 Å². The molecule has 4 N–H and O–H groups in total. The molecule has 4 atom stereocenters. The summed E-state index contributed by atoms with van der Waals surface area (Å²) in [6.07, 6.45) is 2.40. The molecule has 0 saturated heterocycles. The third-order valence-corrected chi connectivity index (χ3v) is 3.42. The van der Waals surface area contributed by atoms with Crippen LogP contribution < -0.4 is 11.1 Å². The molecular formula is C12H17N4O3. The molecule has 1 aliphatic carbocycles. The molecule has 1 aromatic heterocycles. The predicted octanol–water partition coefficient (Wildman–Crippen LogP) is -0.412. The van der Waals surface area contributed by atoms with Crippen molar-refractivity contribution in [3.8, 4) is 0 Å². The highest BCUT2D eigenvalue weighted by Crippen LogP contribution is 2.31. The van der Waals surface area contributed by atoms with Gasteiger partial charge in [-0.1, -0.05) is 0 Å². The van der Waals surface area contributed by atoms with Crippen LogP contribution in [-0.4, -0.2) is 44.3 Å². The summed E-state index contributed by atoms with van der Waals surface area (Å²) in [7, 11) is 0. The van der Waals surface area contributed by atoms with Crippen LogP contribution in [0.1, 0.15) is 19.3 Å². The number of nitrogens with one attached hydrogen (secondary N) is 2. The molecule has 0 aromatic carbocycles. The number of carbonyl (C=O) groups excluding carboxylic acids is 1. The maximum absolute atomic E-state index is 10.6. The lowest BCUT2D eigenvalue weighted by molar-refractivity contribution is -0.119. The zero-order valence-corrected chi connectivity index (χ0v) is 10.4. The summed E-state index contributed by atoms with van der Waals surface area (Å²) in [5.41, 5.74) is 6.87. The fourth-order valence-corrected chi connectivity index (χ4v) is 2.41. The second-order valence-electron chi connectivity index (χ2n) is 4.76. The van der Waals surface area contributed by atoms with Gasteiger partial charge in [0.15, 0.2) is 0 Å². The number of rotatable bonds is 5. The van der Waals surface area contributed by atoms with Crippen molar-refractivity contribution in [2.24, 2.45) is 5.92 Å². The minimum Gasteiger partial charge on any atom is -0.390 e. The zero-order valence-electron chi connectivity index (χ0n) is 10.4. The second kappa shape index (κ2) is 5.94. The molecule has 19 heavy (non-hydrogen) atoms. The van der Waals surface area contributed by atoms with Crippen LogP contribution in [0.3, 0.4) is 0 Å². The Morgan fingerprint density at radius 1 is 1.37 bits per heavy atom. The fraction of sp³-hybridized carbons (Fsp3) is 0.583. The summed E-state index contributed by atoms with van der Waals surface area (Å²) < 4.78 is 0. The van der Waals surface area contributed by atoms with E-state index in [4.69, 9.17) is 5.73 Å². The number of hydrogen-bond donors (Lipinski definition) is 3. The van der Waals surface area contributed by atoms with Crippen molar-refractivity contribution in [3.63, 3.8) is 0 Å². The molecule has 7 heteroatoms. The molecule has 1 heterocycles. The highest BCUT2D eigenvalue weighted by Gasteiger charge is 2.41. The maximum Gasteiger partial charge on any atom is 0.238 e. The van der Waals surface area contributed by atoms with Crippen LogP contribution in [-0.2, 0) is 4.79 Å². The first-order chi connectivity index (χ1) is 9.08. The number of amides is 1. The van der Waals surface area contributed by atoms with Crippen LogP contribution in [0.5, 0.6) is 0 Å². The number of hydrogen-bond acceptors (Lipinski definition) is 6. The van der Waals surface area contributed by atoms with Crippen LogP contribution in [0.2, 0.25) is 0 Å². The Morgan fingerprint density at radius 3 is 2.68 bits per heavy atom. The van der Waals surface area contributed by atoms with Crippen molar-refractivity contribution in [3.05, 3.63) is 18.5 Å². The van der Waals surface area contributed by atoms with Gasteiger partial charge in [-0.15, -0.1) is 0 Å². The lowest BCUT2D eigenvalue weighted by Crippen LogP contribution is -2.35. The van der Waals surface area contributed by atoms with Gasteiger partial charge in [-0.2, -0.15) is 0 Å². The summed E-state index contributed by atoms with van der Waals surface area (Å²) in [6.45, 7) is 0. The smallest absolute Gasteiger partial charge is 0.238 e. The number of anilines is 1. The Morgan fingerprint density at radius 2 is 2.05 bits per heavy atom. The van der Waals surface area contributed by atoms with Gasteiger partial charge < -0.3 is 15.5 Å². The van der Waals surface area contributed by atoms with Crippen LogP contribution in [0.15, 0.2) is 18.5 Å². The van der Waals surface area contributed by atoms with E-state index in [0.717, 1.165) is 0 Å². The van der Waals surface area contributed by atoms with Crippen molar-refractivity contribution in [1.29, 1.82) is 0 Å². The van der Waals surface area contributed by atoms with E-state index >= 15 is 0 Å². The van der Waals surface area contributed by atoms with Gasteiger partial charge in [0.1, 0.15) is 6.10 Å². The topological polar surface area (TPSA) is 119 Å². The van der Waals surface area contributed by atoms with Crippen molar-refractivity contribution in [1.82, 2.24) is 15.7 Å². The van der Waals surface area contributed by atoms with E-state index in [1.165, 1.54) is 0 Å². The lowest BCUT2D eigenvalue weighted by Gasteiger charge is -2.17. The van der Waals surface area contributed by atoms with Crippen molar-refractivity contribution in [2.75, 3.05) is 5.32 Å². The normalized spacial score (nSPS) is 30.2. The van der Waals surface area contributed by atoms with E-state index < -0.39 is 18.1 Å². The van der Waals surface area contributed by atoms with Gasteiger partial charge in [-0.25, -0.2) is 9.97 Å². The molecule has 7 nitrogen and oxygen atoms in total. The Labute approximate surface area is 110 Å². The number of aliphatic hydroxyl groups excluding tert-OH is 2. The third-order valence-electron chi connectivity index (χ3n) is 3.42. The SMILES string of the molecule is [NH]C(=O)CCC1CC(Nc2ncccn2)C(O)C1O. The molecule has 1 radical (unpaired) electrons. The van der Waals surface area contributed by atoms with Crippen molar-refractivity contribution in [2.45, 2.75) is 37.5 Å². The first-order valence-corrected chi connectivity index (χ1v) is 6.22. The Balaban J connectivity index is 1.94. The molecule has 1 amide bonds. The highest BCUT2D eigenvalue weighted by atomic mass is 16.3. The summed E-state index contributed by atoms with van der Waals surface area (Å²) in [6, 6.07) is 1.34. The van der Waals surface area contributed by atoms with E-state index in [-0.39, 0.29) is 18.4 Å². The molecule has 0 spiro atoms. The van der Waals surface area contributed by atoms with Crippen LogP contribution in [0.25, 0.3) is 0 Å². The van der Waals surface area contributed by atoms with Gasteiger partial charge in [0.2, 0.25) is 11.9 Å². The van der Waals surface area contributed by atoms with Gasteiger partial charge >= 0.3 is 0 Å². The molecule has 4 unspecified atom stereocenters. The highest BCUT2D eigenvalue weighted by molar-refractivity contribution is 5.72. The van der Waals surface area contributed by atoms with E-state index in [0.29, 0.717) is 18.8 Å². The average molecular weight is 265 g/mol. The van der Waals surface area contributed by atoms with Crippen LogP contribution in [0.4, 0.5) is 5.95 Å². The first-order valence-electron chi connectivity index (χ1n) is 6.22. The number of aromatic nitrogens is 2. The molecule has 1 fully saturated rings. The van der Waals surface area contributed by atoms with E-state index in [2.05, 4.69) is 15.3 Å². The molecule has 1 aliphatic rings. The minimum absolute atomic E-state index is 0.100. The first kappa shape index (κ1) is 13.7. The molecule has 0 aliphatic heterocycles. The Kier molecular flexibility index (Phi) is 4.28. The van der Waals surface area contributed by atoms with Crippen molar-refractivity contribution >= 4 is 11.9 Å². The van der Waals surface area contributed by atoms with Crippen LogP contribution in [0, 0.1) is 5.92 Å². The number of nitrogens with zero attached hydrogens (tertiary/aromatic N) is 2. The Hall–Kier alpha value is -1.73. The van der Waals surface area contributed by atoms with Gasteiger partial charge in [0, 0.05) is 18.8 Å². The van der Waals surface area contributed by atoms with Crippen LogP contribution >= 0.6 is 0 Å². The van der Waals surface area contributed by atoms with Gasteiger partial charge in [0.05, 0.1) is 12.1 Å². The van der Waals surface area contributed by atoms with Gasteiger partial charge in [0.25, 0.3) is 0 Å². The molecule has 2 rings (SSSR count). The van der Waals surface area contributed by atoms with E-state index in [1.54, 1.807) is 18.5 Å². The molecule has 1 aromatic rings. The Bertz CT molecular complexity index is 428. The summed E-state index contributed by atoms with van der Waals surface area (Å²) in [4.78, 5) is 18.7. The molecule has 1 saturated carbocycles. The number of carbonyl (C=O) groups is 1. The average Bonchev–Trinajstić information content (AvgIpc) is 2.66. The second-order valence-corrected chi connectivity index (χ2v) is 4.76. The fourth-order valence-electron chi connectivity index (χ4n) is 2.41. The summed E-state index contributed by atoms with van der Waals surface area (Å²) in [5, 5.41) is 22.8. The van der Waals surface area contributed by atoms with Crippen molar-refractivity contribution < 1.29 is 15.0 Å². The molecule has 103 valence electrons. The van der Waals surface area contributed by atoms with Gasteiger partial charge in [-0.3, -0.25) is 10.5 Å². The maximum atomic E-state index is 10.6. The standard InChI is InChI=1S/C12H17N4O3/c13-9(17)3-2-7-6-8(11(19)10(7)18)16-12-14-4-1-5-15-12/h1,4-5,7-8,10-11,13,18-19H,2-3,6H2,(H,14,15,16). The third kappa shape index (κ3) is 3.39. The number of aliphatic hydroxyl groups is 2. The minimum atomic E-state index is -0.922. The molecular weight excluding hydrogens is 248 g/mol.